The van der Waals surface area contributed by atoms with Gasteiger partial charge in [0.15, 0.2) is 0 Å². The molecule has 1 aromatic carbocycles. The first kappa shape index (κ1) is 15.0. The maximum atomic E-state index is 11.1. The molecular formula is C16H12N2O4S. The molecule has 0 aliphatic heterocycles. The van der Waals surface area contributed by atoms with Crippen LogP contribution in [0.15, 0.2) is 45.6 Å². The second-order valence-electron chi connectivity index (χ2n) is 4.77. The summed E-state index contributed by atoms with van der Waals surface area (Å²) in [7, 11) is 0. The van der Waals surface area contributed by atoms with Crippen molar-refractivity contribution in [3.8, 4) is 17.1 Å². The summed E-state index contributed by atoms with van der Waals surface area (Å²) in [6, 6.07) is 8.34. The molecule has 0 spiro atoms. The molecule has 6 nitrogen and oxygen atoms in total. The van der Waals surface area contributed by atoms with Gasteiger partial charge in [0.25, 0.3) is 5.89 Å². The minimum Gasteiger partial charge on any atom is -0.508 e. The number of nitrogens with zero attached hydrogens (tertiary/aromatic N) is 2. The molecule has 2 aromatic heterocycles. The average molecular weight is 328 g/mol. The van der Waals surface area contributed by atoms with Crippen molar-refractivity contribution >= 4 is 29.0 Å². The number of aromatic nitrogens is 2. The van der Waals surface area contributed by atoms with Crippen LogP contribution in [0.3, 0.4) is 0 Å². The SMILES string of the molecule is O=C(O)C/C(=C\c1cccc(O)c1)c1nc(-c2ccsc2)no1. The number of carboxylic acid groups (broad SMARTS) is 1. The van der Waals surface area contributed by atoms with Gasteiger partial charge in [0.05, 0.1) is 6.42 Å². The lowest BCUT2D eigenvalue weighted by molar-refractivity contribution is -0.135. The maximum Gasteiger partial charge on any atom is 0.308 e. The lowest BCUT2D eigenvalue weighted by Crippen LogP contribution is -1.97. The van der Waals surface area contributed by atoms with E-state index in [0.717, 1.165) is 5.56 Å². The molecule has 116 valence electrons. The number of carboxylic acids is 1. The van der Waals surface area contributed by atoms with Crippen molar-refractivity contribution in [2.45, 2.75) is 6.42 Å². The zero-order chi connectivity index (χ0) is 16.2. The Hall–Kier alpha value is -2.93. The van der Waals surface area contributed by atoms with Crippen molar-refractivity contribution in [2.75, 3.05) is 0 Å². The predicted molar refractivity (Wildman–Crippen MR) is 85.8 cm³/mol. The van der Waals surface area contributed by atoms with Crippen LogP contribution in [0.4, 0.5) is 0 Å². The standard InChI is InChI=1S/C16H12N2O4S/c19-13-3-1-2-10(7-13)6-12(8-14(20)21)16-17-15(18-22-16)11-4-5-23-9-11/h1-7,9,19H,8H2,(H,20,21)/b12-6+. The van der Waals surface area contributed by atoms with Gasteiger partial charge in [-0.1, -0.05) is 17.3 Å². The van der Waals surface area contributed by atoms with Crippen LogP contribution in [0.2, 0.25) is 0 Å². The number of phenolic OH excluding ortho intramolecular Hbond substituents is 1. The number of benzene rings is 1. The van der Waals surface area contributed by atoms with E-state index in [0.29, 0.717) is 17.0 Å². The summed E-state index contributed by atoms with van der Waals surface area (Å²) in [6.07, 6.45) is 1.35. The molecule has 0 fully saturated rings. The van der Waals surface area contributed by atoms with Crippen LogP contribution in [0.25, 0.3) is 23.0 Å². The summed E-state index contributed by atoms with van der Waals surface area (Å²) >= 11 is 1.51. The van der Waals surface area contributed by atoms with Gasteiger partial charge in [0, 0.05) is 16.5 Å². The van der Waals surface area contributed by atoms with Crippen LogP contribution < -0.4 is 0 Å². The van der Waals surface area contributed by atoms with Gasteiger partial charge < -0.3 is 14.7 Å². The summed E-state index contributed by atoms with van der Waals surface area (Å²) < 4.78 is 5.20. The number of aliphatic carboxylic acids is 1. The normalized spacial score (nSPS) is 11.6. The van der Waals surface area contributed by atoms with E-state index in [1.54, 1.807) is 18.2 Å². The molecule has 0 saturated heterocycles. The number of carbonyl (C=O) groups is 1. The Morgan fingerprint density at radius 3 is 2.91 bits per heavy atom. The molecule has 3 aromatic rings. The van der Waals surface area contributed by atoms with Gasteiger partial charge in [-0.15, -0.1) is 0 Å². The molecule has 0 unspecified atom stereocenters. The van der Waals surface area contributed by atoms with Gasteiger partial charge in [-0.25, -0.2) is 0 Å². The lowest BCUT2D eigenvalue weighted by atomic mass is 10.1. The minimum atomic E-state index is -1.01. The molecule has 0 aliphatic carbocycles. The lowest BCUT2D eigenvalue weighted by Gasteiger charge is -2.00. The molecule has 3 rings (SSSR count). The monoisotopic (exact) mass is 328 g/mol. The van der Waals surface area contributed by atoms with E-state index in [1.165, 1.54) is 23.5 Å². The van der Waals surface area contributed by atoms with E-state index in [2.05, 4.69) is 10.1 Å². The average Bonchev–Trinajstić information content (AvgIpc) is 3.17. The smallest absolute Gasteiger partial charge is 0.308 e. The Bertz CT molecular complexity index is 853. The Morgan fingerprint density at radius 1 is 1.35 bits per heavy atom. The van der Waals surface area contributed by atoms with Gasteiger partial charge in [-0.2, -0.15) is 16.3 Å². The second kappa shape index (κ2) is 6.45. The Balaban J connectivity index is 1.98. The maximum absolute atomic E-state index is 11.1. The Morgan fingerprint density at radius 2 is 2.22 bits per heavy atom. The molecule has 2 N–H and O–H groups in total. The molecule has 0 aliphatic rings. The van der Waals surface area contributed by atoms with Crippen molar-refractivity contribution in [1.82, 2.24) is 10.1 Å². The van der Waals surface area contributed by atoms with Crippen molar-refractivity contribution in [3.63, 3.8) is 0 Å². The first-order valence-electron chi connectivity index (χ1n) is 6.70. The number of hydrogen-bond acceptors (Lipinski definition) is 6. The van der Waals surface area contributed by atoms with Crippen LogP contribution in [-0.2, 0) is 4.79 Å². The van der Waals surface area contributed by atoms with E-state index in [-0.39, 0.29) is 18.1 Å². The van der Waals surface area contributed by atoms with Crippen LogP contribution >= 0.6 is 11.3 Å². The summed E-state index contributed by atoms with van der Waals surface area (Å²) in [4.78, 5) is 15.4. The zero-order valence-corrected chi connectivity index (χ0v) is 12.7. The fraction of sp³-hybridized carbons (Fsp3) is 0.0625. The number of rotatable bonds is 5. The van der Waals surface area contributed by atoms with E-state index < -0.39 is 5.97 Å². The third kappa shape index (κ3) is 3.64. The molecule has 2 heterocycles. The molecule has 7 heteroatoms. The van der Waals surface area contributed by atoms with E-state index >= 15 is 0 Å². The largest absolute Gasteiger partial charge is 0.508 e. The van der Waals surface area contributed by atoms with Gasteiger partial charge in [-0.3, -0.25) is 4.79 Å². The fourth-order valence-corrected chi connectivity index (χ4v) is 2.66. The Labute approximate surface area is 135 Å². The van der Waals surface area contributed by atoms with Crippen LogP contribution in [0.1, 0.15) is 17.9 Å². The van der Waals surface area contributed by atoms with E-state index in [9.17, 15) is 9.90 Å². The number of thiophene rings is 1. The molecule has 0 radical (unpaired) electrons. The fourth-order valence-electron chi connectivity index (χ4n) is 2.03. The van der Waals surface area contributed by atoms with Crippen LogP contribution in [-0.4, -0.2) is 26.3 Å². The summed E-state index contributed by atoms with van der Waals surface area (Å²) in [5.41, 5.74) is 1.84. The first-order chi connectivity index (χ1) is 11.1. The molecule has 0 amide bonds. The number of phenols is 1. The van der Waals surface area contributed by atoms with Crippen molar-refractivity contribution in [2.24, 2.45) is 0 Å². The predicted octanol–water partition coefficient (Wildman–Crippen LogP) is 3.52. The summed E-state index contributed by atoms with van der Waals surface area (Å²) in [5, 5.41) is 26.3. The van der Waals surface area contributed by atoms with Gasteiger partial charge in [-0.05, 0) is 35.2 Å². The number of aromatic hydroxyl groups is 1. The third-order valence-corrected chi connectivity index (χ3v) is 3.72. The van der Waals surface area contributed by atoms with Crippen LogP contribution in [0, 0.1) is 0 Å². The molecule has 0 atom stereocenters. The summed E-state index contributed by atoms with van der Waals surface area (Å²) in [5.74, 6) is -0.352. The van der Waals surface area contributed by atoms with Gasteiger partial charge in [0.2, 0.25) is 5.82 Å². The van der Waals surface area contributed by atoms with E-state index in [1.807, 2.05) is 16.8 Å². The third-order valence-electron chi connectivity index (χ3n) is 3.03. The highest BCUT2D eigenvalue weighted by molar-refractivity contribution is 7.08. The summed E-state index contributed by atoms with van der Waals surface area (Å²) in [6.45, 7) is 0. The van der Waals surface area contributed by atoms with Gasteiger partial charge in [0.1, 0.15) is 5.75 Å². The Kier molecular flexibility index (Phi) is 4.20. The second-order valence-corrected chi connectivity index (χ2v) is 5.55. The molecular weight excluding hydrogens is 316 g/mol. The van der Waals surface area contributed by atoms with Crippen molar-refractivity contribution in [1.29, 1.82) is 0 Å². The minimum absolute atomic E-state index is 0.0953. The van der Waals surface area contributed by atoms with Crippen molar-refractivity contribution < 1.29 is 19.5 Å². The molecule has 0 saturated carbocycles. The topological polar surface area (TPSA) is 96.5 Å². The first-order valence-corrected chi connectivity index (χ1v) is 7.64. The number of hydrogen-bond donors (Lipinski definition) is 2. The molecule has 23 heavy (non-hydrogen) atoms. The van der Waals surface area contributed by atoms with Crippen molar-refractivity contribution in [3.05, 3.63) is 52.5 Å². The van der Waals surface area contributed by atoms with Gasteiger partial charge >= 0.3 is 5.97 Å². The quantitative estimate of drug-likeness (QED) is 0.744. The highest BCUT2D eigenvalue weighted by atomic mass is 32.1. The highest BCUT2D eigenvalue weighted by Gasteiger charge is 2.16. The van der Waals surface area contributed by atoms with Crippen LogP contribution in [0.5, 0.6) is 5.75 Å². The zero-order valence-electron chi connectivity index (χ0n) is 11.8. The van der Waals surface area contributed by atoms with E-state index in [4.69, 9.17) is 9.63 Å². The molecule has 0 bridgehead atoms. The highest BCUT2D eigenvalue weighted by Crippen LogP contribution is 2.25.